The van der Waals surface area contributed by atoms with Gasteiger partial charge in [0.2, 0.25) is 0 Å². The first kappa shape index (κ1) is 15.4. The second-order valence-electron chi connectivity index (χ2n) is 3.73. The summed E-state index contributed by atoms with van der Waals surface area (Å²) in [6.45, 7) is 3.33. The lowest BCUT2D eigenvalue weighted by atomic mass is 10.1. The summed E-state index contributed by atoms with van der Waals surface area (Å²) in [4.78, 5) is 22.5. The number of aromatic hydroxyl groups is 1. The Hall–Kier alpha value is -2.70. The van der Waals surface area contributed by atoms with Crippen molar-refractivity contribution in [3.8, 4) is 11.5 Å². The molecule has 3 N–H and O–H groups in total. The average molecular weight is 281 g/mol. The number of hydrogen-bond acceptors (Lipinski definition) is 5. The summed E-state index contributed by atoms with van der Waals surface area (Å²) < 4.78 is 9.50. The maximum absolute atomic E-state index is 11.4. The fourth-order valence-electron chi connectivity index (χ4n) is 1.47. The minimum Gasteiger partial charge on any atom is -0.504 e. The van der Waals surface area contributed by atoms with Crippen molar-refractivity contribution in [2.24, 2.45) is 0 Å². The van der Waals surface area contributed by atoms with Gasteiger partial charge in [0.15, 0.2) is 17.5 Å². The zero-order chi connectivity index (χ0) is 15.1. The Kier molecular flexibility index (Phi) is 5.40. The molecule has 20 heavy (non-hydrogen) atoms. The lowest BCUT2D eigenvalue weighted by Gasteiger charge is -2.15. The second kappa shape index (κ2) is 7.03. The maximum Gasteiger partial charge on any atom is 0.408 e. The molecule has 0 spiro atoms. The van der Waals surface area contributed by atoms with Crippen molar-refractivity contribution in [1.82, 2.24) is 5.32 Å². The molecule has 0 saturated carbocycles. The number of amides is 1. The molecule has 0 aliphatic heterocycles. The van der Waals surface area contributed by atoms with Gasteiger partial charge in [-0.25, -0.2) is 9.59 Å². The van der Waals surface area contributed by atoms with E-state index in [1.54, 1.807) is 0 Å². The number of phenolic OH excluding ortho intramolecular Hbond substituents is 1. The highest BCUT2D eigenvalue weighted by molar-refractivity contribution is 5.81. The van der Waals surface area contributed by atoms with Gasteiger partial charge < -0.3 is 25.0 Å². The van der Waals surface area contributed by atoms with Crippen LogP contribution in [0, 0.1) is 0 Å². The van der Waals surface area contributed by atoms with Gasteiger partial charge >= 0.3 is 12.1 Å². The van der Waals surface area contributed by atoms with Crippen LogP contribution in [-0.4, -0.2) is 36.0 Å². The first-order valence-corrected chi connectivity index (χ1v) is 5.63. The van der Waals surface area contributed by atoms with Crippen molar-refractivity contribution in [3.63, 3.8) is 0 Å². The molecule has 1 amide bonds. The van der Waals surface area contributed by atoms with E-state index in [2.05, 4.69) is 16.6 Å². The largest absolute Gasteiger partial charge is 0.504 e. The lowest BCUT2D eigenvalue weighted by Crippen LogP contribution is -2.34. The quantitative estimate of drug-likeness (QED) is 0.681. The number of benzene rings is 1. The van der Waals surface area contributed by atoms with E-state index in [1.165, 1.54) is 31.4 Å². The van der Waals surface area contributed by atoms with Crippen LogP contribution in [0.25, 0.3) is 0 Å². The normalized spacial score (nSPS) is 11.2. The molecular weight excluding hydrogens is 266 g/mol. The van der Waals surface area contributed by atoms with Gasteiger partial charge in [-0.05, 0) is 17.7 Å². The Morgan fingerprint density at radius 1 is 1.50 bits per heavy atom. The number of rotatable bonds is 6. The van der Waals surface area contributed by atoms with Crippen LogP contribution in [0.5, 0.6) is 11.5 Å². The van der Waals surface area contributed by atoms with E-state index < -0.39 is 18.1 Å². The zero-order valence-electron chi connectivity index (χ0n) is 10.8. The van der Waals surface area contributed by atoms with Crippen molar-refractivity contribution in [3.05, 3.63) is 36.4 Å². The molecule has 1 aromatic rings. The van der Waals surface area contributed by atoms with Gasteiger partial charge in [-0.1, -0.05) is 18.7 Å². The highest BCUT2D eigenvalue weighted by Crippen LogP contribution is 2.29. The molecule has 0 radical (unpaired) electrons. The SMILES string of the molecule is C=CCOC(=O)NC(C(=O)O)c1ccc(OC)c(O)c1. The third kappa shape index (κ3) is 3.91. The molecule has 0 aliphatic carbocycles. The number of methoxy groups -OCH3 is 1. The van der Waals surface area contributed by atoms with E-state index in [4.69, 9.17) is 9.84 Å². The number of alkyl carbamates (subject to hydrolysis) is 1. The molecule has 1 atom stereocenters. The van der Waals surface area contributed by atoms with E-state index in [-0.39, 0.29) is 23.7 Å². The topological polar surface area (TPSA) is 105 Å². The molecule has 0 saturated heterocycles. The van der Waals surface area contributed by atoms with Crippen LogP contribution in [0.2, 0.25) is 0 Å². The smallest absolute Gasteiger partial charge is 0.408 e. The Labute approximate surface area is 115 Å². The average Bonchev–Trinajstić information content (AvgIpc) is 2.42. The zero-order valence-corrected chi connectivity index (χ0v) is 10.8. The predicted octanol–water partition coefficient (Wildman–Crippen LogP) is 1.44. The molecule has 1 unspecified atom stereocenters. The molecule has 0 heterocycles. The highest BCUT2D eigenvalue weighted by atomic mass is 16.5. The molecule has 0 fully saturated rings. The minimum absolute atomic E-state index is 0.0357. The van der Waals surface area contributed by atoms with E-state index in [1.807, 2.05) is 0 Å². The van der Waals surface area contributed by atoms with Crippen LogP contribution in [-0.2, 0) is 9.53 Å². The summed E-state index contributed by atoms with van der Waals surface area (Å²) in [6, 6.07) is 2.68. The Bertz CT molecular complexity index is 514. The molecule has 1 rings (SSSR count). The van der Waals surface area contributed by atoms with Gasteiger partial charge in [0.1, 0.15) is 6.61 Å². The number of carbonyl (C=O) groups excluding carboxylic acids is 1. The Balaban J connectivity index is 2.91. The summed E-state index contributed by atoms with van der Waals surface area (Å²) in [7, 11) is 1.37. The van der Waals surface area contributed by atoms with E-state index in [9.17, 15) is 14.7 Å². The van der Waals surface area contributed by atoms with E-state index in [0.717, 1.165) is 0 Å². The summed E-state index contributed by atoms with van der Waals surface area (Å²) in [5, 5.41) is 20.9. The number of carbonyl (C=O) groups is 2. The molecule has 1 aromatic carbocycles. The first-order chi connectivity index (χ1) is 9.49. The van der Waals surface area contributed by atoms with Gasteiger partial charge in [0, 0.05) is 0 Å². The number of carboxylic acids is 1. The predicted molar refractivity (Wildman–Crippen MR) is 69.7 cm³/mol. The van der Waals surface area contributed by atoms with Crippen LogP contribution in [0.4, 0.5) is 4.79 Å². The first-order valence-electron chi connectivity index (χ1n) is 5.63. The molecule has 0 bridgehead atoms. The van der Waals surface area contributed by atoms with Crippen LogP contribution >= 0.6 is 0 Å². The number of hydrogen-bond donors (Lipinski definition) is 3. The number of phenols is 1. The van der Waals surface area contributed by atoms with Crippen molar-refractivity contribution < 1.29 is 29.3 Å². The van der Waals surface area contributed by atoms with Crippen LogP contribution in [0.15, 0.2) is 30.9 Å². The van der Waals surface area contributed by atoms with E-state index in [0.29, 0.717) is 0 Å². The van der Waals surface area contributed by atoms with Gasteiger partial charge in [0.05, 0.1) is 7.11 Å². The lowest BCUT2D eigenvalue weighted by molar-refractivity contribution is -0.139. The molecule has 7 heteroatoms. The van der Waals surface area contributed by atoms with Gasteiger partial charge in [0.25, 0.3) is 0 Å². The Morgan fingerprint density at radius 3 is 2.70 bits per heavy atom. The van der Waals surface area contributed by atoms with Gasteiger partial charge in [-0.2, -0.15) is 0 Å². The summed E-state index contributed by atoms with van der Waals surface area (Å²) in [5.41, 5.74) is 0.186. The minimum atomic E-state index is -1.34. The number of aliphatic carboxylic acids is 1. The van der Waals surface area contributed by atoms with Gasteiger partial charge in [-0.15, -0.1) is 0 Å². The highest BCUT2D eigenvalue weighted by Gasteiger charge is 2.23. The second-order valence-corrected chi connectivity index (χ2v) is 3.73. The van der Waals surface area contributed by atoms with Crippen LogP contribution in [0.1, 0.15) is 11.6 Å². The third-order valence-electron chi connectivity index (χ3n) is 2.38. The van der Waals surface area contributed by atoms with Crippen LogP contribution < -0.4 is 10.1 Å². The standard InChI is InChI=1S/C13H15NO6/c1-3-6-20-13(18)14-11(12(16)17)8-4-5-10(19-2)9(15)7-8/h3-5,7,11,15H,1,6H2,2H3,(H,14,18)(H,16,17). The van der Waals surface area contributed by atoms with Crippen LogP contribution in [0.3, 0.4) is 0 Å². The fraction of sp³-hybridized carbons (Fsp3) is 0.231. The molecule has 0 aromatic heterocycles. The molecule has 108 valence electrons. The maximum atomic E-state index is 11.4. The van der Waals surface area contributed by atoms with Crippen molar-refractivity contribution in [1.29, 1.82) is 0 Å². The fourth-order valence-corrected chi connectivity index (χ4v) is 1.47. The summed E-state index contributed by atoms with van der Waals surface area (Å²) in [5.74, 6) is -1.31. The molecule has 0 aliphatic rings. The monoisotopic (exact) mass is 281 g/mol. The third-order valence-corrected chi connectivity index (χ3v) is 2.38. The van der Waals surface area contributed by atoms with Crippen molar-refractivity contribution in [2.75, 3.05) is 13.7 Å². The molecule has 7 nitrogen and oxygen atoms in total. The number of nitrogens with one attached hydrogen (secondary N) is 1. The van der Waals surface area contributed by atoms with Crippen molar-refractivity contribution in [2.45, 2.75) is 6.04 Å². The number of ether oxygens (including phenoxy) is 2. The van der Waals surface area contributed by atoms with Crippen molar-refractivity contribution >= 4 is 12.1 Å². The van der Waals surface area contributed by atoms with Gasteiger partial charge in [-0.3, -0.25) is 0 Å². The number of carboxylic acid groups (broad SMARTS) is 1. The summed E-state index contributed by atoms with van der Waals surface area (Å²) >= 11 is 0. The molecular formula is C13H15NO6. The summed E-state index contributed by atoms with van der Waals surface area (Å²) in [6.07, 6.45) is 0.460. The van der Waals surface area contributed by atoms with E-state index >= 15 is 0 Å². The Morgan fingerprint density at radius 2 is 2.20 bits per heavy atom.